The summed E-state index contributed by atoms with van der Waals surface area (Å²) in [6.45, 7) is 6.48. The summed E-state index contributed by atoms with van der Waals surface area (Å²) in [5.74, 6) is 0.507. The summed E-state index contributed by atoms with van der Waals surface area (Å²) in [5.41, 5.74) is 1.51. The molecule has 1 aromatic carbocycles. The SMILES string of the molecule is CC1CCCCN1CCNC(=O)CC1CCN(C(=O)c2cc3cc(Cl)ccc3[nH]2)CC1. The monoisotopic (exact) mass is 444 g/mol. The van der Waals surface area contributed by atoms with E-state index in [2.05, 4.69) is 22.1 Å². The van der Waals surface area contributed by atoms with Gasteiger partial charge in [-0.25, -0.2) is 0 Å². The molecule has 0 bridgehead atoms. The van der Waals surface area contributed by atoms with Gasteiger partial charge in [0.15, 0.2) is 0 Å². The van der Waals surface area contributed by atoms with Gasteiger partial charge in [0.1, 0.15) is 5.69 Å². The molecule has 2 fully saturated rings. The van der Waals surface area contributed by atoms with Crippen molar-refractivity contribution < 1.29 is 9.59 Å². The fraction of sp³-hybridized carbons (Fsp3) is 0.583. The van der Waals surface area contributed by atoms with E-state index in [9.17, 15) is 9.59 Å². The van der Waals surface area contributed by atoms with Crippen molar-refractivity contribution in [3.8, 4) is 0 Å². The van der Waals surface area contributed by atoms with E-state index in [0.717, 1.165) is 43.4 Å². The molecule has 2 aliphatic heterocycles. The van der Waals surface area contributed by atoms with Crippen molar-refractivity contribution in [1.29, 1.82) is 0 Å². The standard InChI is InChI=1S/C24H33ClN4O2/c1-17-4-2-3-10-28(17)13-9-26-23(30)14-18-7-11-29(12-8-18)24(31)22-16-19-15-20(25)5-6-21(19)27-22/h5-6,15-18,27H,2-4,7-14H2,1H3,(H,26,30). The van der Waals surface area contributed by atoms with Crippen molar-refractivity contribution in [3.05, 3.63) is 35.0 Å². The van der Waals surface area contributed by atoms with E-state index in [0.29, 0.717) is 42.2 Å². The second-order valence-corrected chi connectivity index (χ2v) is 9.52. The molecule has 0 radical (unpaired) electrons. The lowest BCUT2D eigenvalue weighted by atomic mass is 9.93. The molecule has 2 aromatic rings. The Morgan fingerprint density at radius 3 is 2.71 bits per heavy atom. The minimum atomic E-state index is 0.0193. The fourth-order valence-electron chi connectivity index (χ4n) is 4.89. The molecule has 0 aliphatic carbocycles. The predicted molar refractivity (Wildman–Crippen MR) is 124 cm³/mol. The van der Waals surface area contributed by atoms with Crippen molar-refractivity contribution in [2.45, 2.75) is 51.5 Å². The van der Waals surface area contributed by atoms with Crippen LogP contribution in [-0.4, -0.2) is 65.4 Å². The summed E-state index contributed by atoms with van der Waals surface area (Å²) < 4.78 is 0. The maximum atomic E-state index is 12.9. The molecule has 31 heavy (non-hydrogen) atoms. The number of halogens is 1. The van der Waals surface area contributed by atoms with Crippen LogP contribution in [0.4, 0.5) is 0 Å². The van der Waals surface area contributed by atoms with E-state index < -0.39 is 0 Å². The van der Waals surface area contributed by atoms with Gasteiger partial charge in [-0.05, 0) is 69.3 Å². The average Bonchev–Trinajstić information content (AvgIpc) is 3.18. The summed E-state index contributed by atoms with van der Waals surface area (Å²) >= 11 is 6.05. The molecule has 1 aromatic heterocycles. The zero-order valence-electron chi connectivity index (χ0n) is 18.3. The highest BCUT2D eigenvalue weighted by atomic mass is 35.5. The van der Waals surface area contributed by atoms with Gasteiger partial charge in [-0.1, -0.05) is 18.0 Å². The molecular formula is C24H33ClN4O2. The normalized spacial score (nSPS) is 20.8. The van der Waals surface area contributed by atoms with Crippen molar-refractivity contribution in [2.24, 2.45) is 5.92 Å². The number of fused-ring (bicyclic) bond motifs is 1. The molecule has 2 aliphatic rings. The van der Waals surface area contributed by atoms with E-state index in [4.69, 9.17) is 11.6 Å². The largest absolute Gasteiger partial charge is 0.355 e. The van der Waals surface area contributed by atoms with Crippen molar-refractivity contribution in [3.63, 3.8) is 0 Å². The van der Waals surface area contributed by atoms with Crippen LogP contribution in [-0.2, 0) is 4.79 Å². The van der Waals surface area contributed by atoms with E-state index in [1.807, 2.05) is 29.2 Å². The summed E-state index contributed by atoms with van der Waals surface area (Å²) in [4.78, 5) is 32.8. The quantitative estimate of drug-likeness (QED) is 0.706. The number of rotatable bonds is 6. The number of carbonyl (C=O) groups is 2. The number of hydrogen-bond donors (Lipinski definition) is 2. The summed E-state index contributed by atoms with van der Waals surface area (Å²) in [5, 5.41) is 4.71. The second kappa shape index (κ2) is 10.0. The molecular weight excluding hydrogens is 412 g/mol. The first-order valence-corrected chi connectivity index (χ1v) is 12.0. The van der Waals surface area contributed by atoms with Gasteiger partial charge >= 0.3 is 0 Å². The number of H-pyrrole nitrogens is 1. The molecule has 7 heteroatoms. The number of nitrogens with one attached hydrogen (secondary N) is 2. The molecule has 1 atom stereocenters. The number of likely N-dealkylation sites (tertiary alicyclic amines) is 2. The fourth-order valence-corrected chi connectivity index (χ4v) is 5.07. The minimum Gasteiger partial charge on any atom is -0.355 e. The number of hydrogen-bond acceptors (Lipinski definition) is 3. The Balaban J connectivity index is 1.20. The lowest BCUT2D eigenvalue weighted by Gasteiger charge is -2.33. The van der Waals surface area contributed by atoms with Crippen LogP contribution in [0.3, 0.4) is 0 Å². The van der Waals surface area contributed by atoms with E-state index in [1.165, 1.54) is 19.3 Å². The summed E-state index contributed by atoms with van der Waals surface area (Å²) in [6, 6.07) is 8.07. The Kier molecular flexibility index (Phi) is 7.18. The van der Waals surface area contributed by atoms with Crippen LogP contribution in [0.1, 0.15) is 55.9 Å². The van der Waals surface area contributed by atoms with E-state index in [-0.39, 0.29) is 11.8 Å². The molecule has 2 N–H and O–H groups in total. The van der Waals surface area contributed by atoms with Crippen LogP contribution in [0, 0.1) is 5.92 Å². The third-order valence-electron chi connectivity index (χ3n) is 6.85. The van der Waals surface area contributed by atoms with Gasteiger partial charge in [-0.15, -0.1) is 0 Å². The number of aromatic amines is 1. The minimum absolute atomic E-state index is 0.0193. The lowest BCUT2D eigenvalue weighted by Crippen LogP contribution is -2.43. The zero-order chi connectivity index (χ0) is 21.8. The van der Waals surface area contributed by atoms with Crippen LogP contribution in [0.25, 0.3) is 10.9 Å². The topological polar surface area (TPSA) is 68.4 Å². The summed E-state index contributed by atoms with van der Waals surface area (Å²) in [6.07, 6.45) is 6.14. The average molecular weight is 445 g/mol. The van der Waals surface area contributed by atoms with Crippen LogP contribution < -0.4 is 5.32 Å². The Morgan fingerprint density at radius 2 is 1.94 bits per heavy atom. The van der Waals surface area contributed by atoms with E-state index in [1.54, 1.807) is 0 Å². The number of aromatic nitrogens is 1. The van der Waals surface area contributed by atoms with Crippen LogP contribution in [0.15, 0.2) is 24.3 Å². The molecule has 168 valence electrons. The van der Waals surface area contributed by atoms with Crippen molar-refractivity contribution in [2.75, 3.05) is 32.7 Å². The van der Waals surface area contributed by atoms with Crippen LogP contribution >= 0.6 is 11.6 Å². The van der Waals surface area contributed by atoms with Gasteiger partial charge in [0.25, 0.3) is 5.91 Å². The molecule has 0 saturated carbocycles. The maximum absolute atomic E-state index is 12.9. The molecule has 4 rings (SSSR count). The molecule has 3 heterocycles. The smallest absolute Gasteiger partial charge is 0.270 e. The molecule has 2 saturated heterocycles. The third-order valence-corrected chi connectivity index (χ3v) is 7.09. The van der Waals surface area contributed by atoms with Gasteiger partial charge < -0.3 is 15.2 Å². The Labute approximate surface area is 189 Å². The van der Waals surface area contributed by atoms with E-state index >= 15 is 0 Å². The number of benzene rings is 1. The van der Waals surface area contributed by atoms with Crippen LogP contribution in [0.2, 0.25) is 5.02 Å². The van der Waals surface area contributed by atoms with Crippen LogP contribution in [0.5, 0.6) is 0 Å². The first kappa shape index (κ1) is 22.2. The zero-order valence-corrected chi connectivity index (χ0v) is 19.1. The molecule has 0 spiro atoms. The first-order valence-electron chi connectivity index (χ1n) is 11.6. The highest BCUT2D eigenvalue weighted by Gasteiger charge is 2.26. The molecule has 6 nitrogen and oxygen atoms in total. The third kappa shape index (κ3) is 5.60. The summed E-state index contributed by atoms with van der Waals surface area (Å²) in [7, 11) is 0. The lowest BCUT2D eigenvalue weighted by molar-refractivity contribution is -0.122. The maximum Gasteiger partial charge on any atom is 0.270 e. The number of piperidine rings is 2. The first-order chi connectivity index (χ1) is 15.0. The highest BCUT2D eigenvalue weighted by Crippen LogP contribution is 2.24. The van der Waals surface area contributed by atoms with Gasteiger partial charge in [-0.2, -0.15) is 0 Å². The highest BCUT2D eigenvalue weighted by molar-refractivity contribution is 6.31. The Hall–Kier alpha value is -2.05. The Bertz CT molecular complexity index is 919. The Morgan fingerprint density at radius 1 is 1.13 bits per heavy atom. The van der Waals surface area contributed by atoms with Gasteiger partial charge in [0, 0.05) is 54.6 Å². The molecule has 2 amide bonds. The van der Waals surface area contributed by atoms with Gasteiger partial charge in [-0.3, -0.25) is 14.5 Å². The van der Waals surface area contributed by atoms with Gasteiger partial charge in [0.2, 0.25) is 5.91 Å². The second-order valence-electron chi connectivity index (χ2n) is 9.09. The van der Waals surface area contributed by atoms with Crippen molar-refractivity contribution in [1.82, 2.24) is 20.1 Å². The van der Waals surface area contributed by atoms with Crippen molar-refractivity contribution >= 4 is 34.3 Å². The number of amides is 2. The molecule has 1 unspecified atom stereocenters. The number of nitrogens with zero attached hydrogens (tertiary/aromatic N) is 2. The number of carbonyl (C=O) groups excluding carboxylic acids is 2. The van der Waals surface area contributed by atoms with Gasteiger partial charge in [0.05, 0.1) is 0 Å². The predicted octanol–water partition coefficient (Wildman–Crippen LogP) is 4.05.